The van der Waals surface area contributed by atoms with Gasteiger partial charge in [-0.2, -0.15) is 5.26 Å². The van der Waals surface area contributed by atoms with E-state index in [9.17, 15) is 5.11 Å². The van der Waals surface area contributed by atoms with Crippen LogP contribution in [0.5, 0.6) is 0 Å². The fourth-order valence-corrected chi connectivity index (χ4v) is 3.38. The summed E-state index contributed by atoms with van der Waals surface area (Å²) >= 11 is 0. The average molecular weight is 191 g/mol. The third-order valence-corrected chi connectivity index (χ3v) is 4.42. The second kappa shape index (κ2) is 2.84. The highest BCUT2D eigenvalue weighted by Crippen LogP contribution is 2.63. The summed E-state index contributed by atoms with van der Waals surface area (Å²) in [5, 5.41) is 18.7. The van der Waals surface area contributed by atoms with Gasteiger partial charge in [-0.3, -0.25) is 0 Å². The Morgan fingerprint density at radius 3 is 2.71 bits per heavy atom. The van der Waals surface area contributed by atoms with Crippen LogP contribution in [0.25, 0.3) is 0 Å². The van der Waals surface area contributed by atoms with Crippen LogP contribution >= 0.6 is 0 Å². The van der Waals surface area contributed by atoms with E-state index in [1.54, 1.807) is 6.08 Å². The van der Waals surface area contributed by atoms with Crippen molar-refractivity contribution in [1.29, 1.82) is 5.26 Å². The fraction of sp³-hybridized carbons (Fsp3) is 0.750. The Kier molecular flexibility index (Phi) is 1.97. The second-order valence-electron chi connectivity index (χ2n) is 5.21. The molecule has 0 heterocycles. The molecule has 4 atom stereocenters. The van der Waals surface area contributed by atoms with Gasteiger partial charge in [-0.1, -0.05) is 13.0 Å². The van der Waals surface area contributed by atoms with Crippen molar-refractivity contribution in [2.75, 3.05) is 0 Å². The maximum atomic E-state index is 10.2. The first-order chi connectivity index (χ1) is 6.50. The third-order valence-electron chi connectivity index (χ3n) is 4.42. The molecule has 0 aromatic heterocycles. The van der Waals surface area contributed by atoms with E-state index in [2.05, 4.69) is 6.92 Å². The number of aliphatic hydroxyl groups is 1. The lowest BCUT2D eigenvalue weighted by Crippen LogP contribution is -2.60. The number of nitriles is 1. The molecule has 1 N–H and O–H groups in total. The van der Waals surface area contributed by atoms with Gasteiger partial charge in [0.25, 0.3) is 0 Å². The fourth-order valence-electron chi connectivity index (χ4n) is 3.38. The van der Waals surface area contributed by atoms with Crippen LogP contribution in [-0.4, -0.2) is 10.7 Å². The van der Waals surface area contributed by atoms with Crippen molar-refractivity contribution in [2.24, 2.45) is 17.3 Å². The molecule has 2 nitrogen and oxygen atoms in total. The van der Waals surface area contributed by atoms with Crippen LogP contribution in [0, 0.1) is 28.6 Å². The van der Waals surface area contributed by atoms with Gasteiger partial charge in [0.1, 0.15) is 0 Å². The minimum Gasteiger partial charge on any atom is -0.390 e. The van der Waals surface area contributed by atoms with Crippen LogP contribution in [-0.2, 0) is 0 Å². The van der Waals surface area contributed by atoms with Crippen LogP contribution < -0.4 is 0 Å². The van der Waals surface area contributed by atoms with Gasteiger partial charge in [0.15, 0.2) is 0 Å². The standard InChI is InChI=1S/C12H17NO/c1-11(5-3-7-13)9-4-6-12(2,14)10(11)8-9/h3,5,9-10,14H,4,6,8H2,1-2H3/b5-3+/t9?,10?,11-,12?/m1/s1. The minimum absolute atomic E-state index is 0.0669. The molecular weight excluding hydrogens is 174 g/mol. The molecule has 2 heteroatoms. The smallest absolute Gasteiger partial charge is 0.0908 e. The Hall–Kier alpha value is -0.810. The van der Waals surface area contributed by atoms with Crippen molar-refractivity contribution < 1.29 is 5.11 Å². The Bertz CT molecular complexity index is 311. The summed E-state index contributed by atoms with van der Waals surface area (Å²) in [6, 6.07) is 2.05. The molecule has 0 aromatic carbocycles. The number of nitrogens with zero attached hydrogens (tertiary/aromatic N) is 1. The maximum Gasteiger partial charge on any atom is 0.0908 e. The first-order valence-corrected chi connectivity index (χ1v) is 5.30. The zero-order valence-electron chi connectivity index (χ0n) is 8.83. The molecule has 3 aliphatic rings. The van der Waals surface area contributed by atoms with Crippen LogP contribution in [0.2, 0.25) is 0 Å². The molecule has 3 saturated carbocycles. The summed E-state index contributed by atoms with van der Waals surface area (Å²) < 4.78 is 0. The molecule has 3 fully saturated rings. The molecule has 0 amide bonds. The van der Waals surface area contributed by atoms with E-state index in [-0.39, 0.29) is 5.41 Å². The number of hydrogen-bond donors (Lipinski definition) is 1. The van der Waals surface area contributed by atoms with E-state index in [1.807, 2.05) is 19.1 Å². The van der Waals surface area contributed by atoms with Crippen LogP contribution in [0.4, 0.5) is 0 Å². The molecule has 0 aliphatic heterocycles. The molecule has 0 spiro atoms. The molecule has 3 aliphatic carbocycles. The summed E-state index contributed by atoms with van der Waals surface area (Å²) in [5.41, 5.74) is -0.458. The average Bonchev–Trinajstić information content (AvgIpc) is 2.11. The largest absolute Gasteiger partial charge is 0.390 e. The molecule has 2 bridgehead atoms. The van der Waals surface area contributed by atoms with Gasteiger partial charge < -0.3 is 5.11 Å². The van der Waals surface area contributed by atoms with Crippen LogP contribution in [0.3, 0.4) is 0 Å². The lowest BCUT2D eigenvalue weighted by molar-refractivity contribution is -0.179. The lowest BCUT2D eigenvalue weighted by Gasteiger charge is -2.62. The van der Waals surface area contributed by atoms with E-state index in [0.29, 0.717) is 11.8 Å². The molecule has 0 aromatic rings. The summed E-state index contributed by atoms with van der Waals surface area (Å²) in [4.78, 5) is 0. The van der Waals surface area contributed by atoms with Crippen molar-refractivity contribution in [3.05, 3.63) is 12.2 Å². The summed E-state index contributed by atoms with van der Waals surface area (Å²) in [5.74, 6) is 1.02. The minimum atomic E-state index is -0.525. The maximum absolute atomic E-state index is 10.2. The van der Waals surface area contributed by atoms with Gasteiger partial charge in [-0.15, -0.1) is 0 Å². The van der Waals surface area contributed by atoms with Crippen molar-refractivity contribution in [3.8, 4) is 6.07 Å². The van der Waals surface area contributed by atoms with Crippen molar-refractivity contribution in [2.45, 2.75) is 38.7 Å². The number of fused-ring (bicyclic) bond motifs is 2. The Balaban J connectivity index is 2.23. The van der Waals surface area contributed by atoms with Crippen molar-refractivity contribution in [3.63, 3.8) is 0 Å². The van der Waals surface area contributed by atoms with E-state index >= 15 is 0 Å². The number of rotatable bonds is 1. The highest BCUT2D eigenvalue weighted by atomic mass is 16.3. The van der Waals surface area contributed by atoms with Gasteiger partial charge in [0.2, 0.25) is 0 Å². The third kappa shape index (κ3) is 1.12. The van der Waals surface area contributed by atoms with E-state index in [0.717, 1.165) is 19.3 Å². The highest BCUT2D eigenvalue weighted by Gasteiger charge is 2.59. The summed E-state index contributed by atoms with van der Waals surface area (Å²) in [6.45, 7) is 4.11. The SMILES string of the molecule is CC1(O)CCC2CC1[C@]2(C)/C=C/C#N. The summed E-state index contributed by atoms with van der Waals surface area (Å²) in [7, 11) is 0. The molecule has 0 saturated heterocycles. The normalized spacial score (nSPS) is 51.3. The van der Waals surface area contributed by atoms with E-state index in [1.165, 1.54) is 0 Å². The predicted molar refractivity (Wildman–Crippen MR) is 54.3 cm³/mol. The molecule has 3 rings (SSSR count). The van der Waals surface area contributed by atoms with Crippen molar-refractivity contribution in [1.82, 2.24) is 0 Å². The Morgan fingerprint density at radius 1 is 1.50 bits per heavy atom. The molecule has 0 radical (unpaired) electrons. The highest BCUT2D eigenvalue weighted by molar-refractivity contribution is 5.21. The first-order valence-electron chi connectivity index (χ1n) is 5.30. The predicted octanol–water partition coefficient (Wildman–Crippen LogP) is 2.25. The zero-order valence-corrected chi connectivity index (χ0v) is 8.83. The molecule has 76 valence electrons. The van der Waals surface area contributed by atoms with Gasteiger partial charge in [-0.05, 0) is 43.4 Å². The Morgan fingerprint density at radius 2 is 2.21 bits per heavy atom. The van der Waals surface area contributed by atoms with Gasteiger partial charge >= 0.3 is 0 Å². The topological polar surface area (TPSA) is 44.0 Å². The molecule has 14 heavy (non-hydrogen) atoms. The monoisotopic (exact) mass is 191 g/mol. The molecular formula is C12H17NO. The zero-order chi connectivity index (χ0) is 10.4. The van der Waals surface area contributed by atoms with Gasteiger partial charge in [0, 0.05) is 6.08 Å². The molecule has 3 unspecified atom stereocenters. The van der Waals surface area contributed by atoms with Crippen LogP contribution in [0.15, 0.2) is 12.2 Å². The van der Waals surface area contributed by atoms with E-state index in [4.69, 9.17) is 5.26 Å². The summed E-state index contributed by atoms with van der Waals surface area (Å²) in [6.07, 6.45) is 6.70. The first kappa shape index (κ1) is 9.73. The Labute approximate surface area is 85.2 Å². The number of hydrogen-bond acceptors (Lipinski definition) is 2. The quantitative estimate of drug-likeness (QED) is 0.646. The van der Waals surface area contributed by atoms with Gasteiger partial charge in [-0.25, -0.2) is 0 Å². The van der Waals surface area contributed by atoms with Gasteiger partial charge in [0.05, 0.1) is 11.7 Å². The number of allylic oxidation sites excluding steroid dienone is 2. The van der Waals surface area contributed by atoms with Crippen molar-refractivity contribution >= 4 is 0 Å². The second-order valence-corrected chi connectivity index (χ2v) is 5.21. The lowest BCUT2D eigenvalue weighted by atomic mass is 9.43. The van der Waals surface area contributed by atoms with E-state index < -0.39 is 5.60 Å². The van der Waals surface area contributed by atoms with Crippen LogP contribution in [0.1, 0.15) is 33.1 Å².